The van der Waals surface area contributed by atoms with Crippen LogP contribution in [0.5, 0.6) is 0 Å². The summed E-state index contributed by atoms with van der Waals surface area (Å²) in [6, 6.07) is 0.726. The van der Waals surface area contributed by atoms with Crippen LogP contribution in [0.3, 0.4) is 0 Å². The molecule has 1 aliphatic rings. The van der Waals surface area contributed by atoms with Crippen LogP contribution in [0.2, 0.25) is 0 Å². The lowest BCUT2D eigenvalue weighted by molar-refractivity contribution is -0.126. The molecule has 0 radical (unpaired) electrons. The van der Waals surface area contributed by atoms with E-state index >= 15 is 0 Å². The minimum atomic E-state index is 0.223. The fourth-order valence-corrected chi connectivity index (χ4v) is 2.69. The van der Waals surface area contributed by atoms with Crippen molar-refractivity contribution >= 4 is 5.91 Å². The first-order chi connectivity index (χ1) is 8.17. The lowest BCUT2D eigenvalue weighted by Gasteiger charge is -2.28. The van der Waals surface area contributed by atoms with E-state index in [1.54, 1.807) is 0 Å². The molecular weight excluding hydrogens is 212 g/mol. The van der Waals surface area contributed by atoms with Gasteiger partial charge in [0.1, 0.15) is 0 Å². The van der Waals surface area contributed by atoms with Gasteiger partial charge in [0, 0.05) is 18.0 Å². The van der Waals surface area contributed by atoms with E-state index < -0.39 is 0 Å². The number of amides is 1. The first-order valence-electron chi connectivity index (χ1n) is 7.23. The van der Waals surface area contributed by atoms with Crippen LogP contribution in [-0.2, 0) is 4.79 Å². The standard InChI is InChI=1S/C14H28N2O/c1-3-5-11(6-4-2)14(17)16-13-9-7-12(15)8-10-13/h11-13H,3-10,15H2,1-2H3,(H,16,17). The van der Waals surface area contributed by atoms with Gasteiger partial charge in [-0.3, -0.25) is 4.79 Å². The highest BCUT2D eigenvalue weighted by Crippen LogP contribution is 2.19. The number of hydrogen-bond donors (Lipinski definition) is 2. The highest BCUT2D eigenvalue weighted by atomic mass is 16.1. The van der Waals surface area contributed by atoms with E-state index in [9.17, 15) is 4.79 Å². The van der Waals surface area contributed by atoms with E-state index in [0.717, 1.165) is 51.4 Å². The topological polar surface area (TPSA) is 55.1 Å². The van der Waals surface area contributed by atoms with Crippen LogP contribution in [-0.4, -0.2) is 18.0 Å². The van der Waals surface area contributed by atoms with Crippen molar-refractivity contribution in [1.82, 2.24) is 5.32 Å². The van der Waals surface area contributed by atoms with Crippen molar-refractivity contribution in [3.63, 3.8) is 0 Å². The second-order valence-electron chi connectivity index (χ2n) is 5.39. The summed E-state index contributed by atoms with van der Waals surface area (Å²) in [5.41, 5.74) is 5.87. The number of carbonyl (C=O) groups is 1. The maximum absolute atomic E-state index is 12.1. The van der Waals surface area contributed by atoms with E-state index in [2.05, 4.69) is 19.2 Å². The second-order valence-corrected chi connectivity index (χ2v) is 5.39. The molecule has 0 bridgehead atoms. The van der Waals surface area contributed by atoms with Gasteiger partial charge in [-0.1, -0.05) is 26.7 Å². The molecule has 3 nitrogen and oxygen atoms in total. The second kappa shape index (κ2) is 7.70. The van der Waals surface area contributed by atoms with Gasteiger partial charge in [-0.2, -0.15) is 0 Å². The molecule has 17 heavy (non-hydrogen) atoms. The lowest BCUT2D eigenvalue weighted by Crippen LogP contribution is -2.42. The van der Waals surface area contributed by atoms with Gasteiger partial charge in [-0.15, -0.1) is 0 Å². The maximum atomic E-state index is 12.1. The molecule has 0 aromatic rings. The van der Waals surface area contributed by atoms with Crippen molar-refractivity contribution in [3.8, 4) is 0 Å². The molecule has 1 saturated carbocycles. The van der Waals surface area contributed by atoms with Crippen molar-refractivity contribution < 1.29 is 4.79 Å². The zero-order valence-electron chi connectivity index (χ0n) is 11.4. The van der Waals surface area contributed by atoms with Crippen LogP contribution in [0.25, 0.3) is 0 Å². The quantitative estimate of drug-likeness (QED) is 0.750. The number of nitrogens with one attached hydrogen (secondary N) is 1. The Morgan fingerprint density at radius 2 is 1.71 bits per heavy atom. The van der Waals surface area contributed by atoms with Crippen molar-refractivity contribution in [2.75, 3.05) is 0 Å². The minimum Gasteiger partial charge on any atom is -0.353 e. The third-order valence-electron chi connectivity index (χ3n) is 3.76. The molecule has 0 saturated heterocycles. The van der Waals surface area contributed by atoms with Gasteiger partial charge in [0.2, 0.25) is 5.91 Å². The molecule has 3 heteroatoms. The Balaban J connectivity index is 2.35. The van der Waals surface area contributed by atoms with Crippen LogP contribution < -0.4 is 11.1 Å². The van der Waals surface area contributed by atoms with Gasteiger partial charge in [-0.05, 0) is 38.5 Å². The molecule has 0 aliphatic heterocycles. The van der Waals surface area contributed by atoms with Gasteiger partial charge < -0.3 is 11.1 Å². The number of carbonyl (C=O) groups excluding carboxylic acids is 1. The third-order valence-corrected chi connectivity index (χ3v) is 3.76. The van der Waals surface area contributed by atoms with E-state index in [0.29, 0.717) is 12.1 Å². The summed E-state index contributed by atoms with van der Waals surface area (Å²) >= 11 is 0. The van der Waals surface area contributed by atoms with Gasteiger partial charge in [-0.25, -0.2) is 0 Å². The lowest BCUT2D eigenvalue weighted by atomic mass is 9.90. The Morgan fingerprint density at radius 3 is 2.18 bits per heavy atom. The average Bonchev–Trinajstić information content (AvgIpc) is 2.32. The molecule has 1 fully saturated rings. The SMILES string of the molecule is CCCC(CCC)C(=O)NC1CCC(N)CC1. The van der Waals surface area contributed by atoms with Crippen molar-refractivity contribution in [1.29, 1.82) is 0 Å². The Kier molecular flexibility index (Phi) is 6.56. The van der Waals surface area contributed by atoms with E-state index in [4.69, 9.17) is 5.73 Å². The summed E-state index contributed by atoms with van der Waals surface area (Å²) < 4.78 is 0. The maximum Gasteiger partial charge on any atom is 0.223 e. The highest BCUT2D eigenvalue weighted by Gasteiger charge is 2.23. The summed E-state index contributed by atoms with van der Waals surface area (Å²) in [6.07, 6.45) is 8.43. The monoisotopic (exact) mass is 240 g/mol. The van der Waals surface area contributed by atoms with Gasteiger partial charge in [0.05, 0.1) is 0 Å². The summed E-state index contributed by atoms with van der Waals surface area (Å²) in [5.74, 6) is 0.495. The van der Waals surface area contributed by atoms with Crippen LogP contribution >= 0.6 is 0 Å². The van der Waals surface area contributed by atoms with Crippen molar-refractivity contribution in [3.05, 3.63) is 0 Å². The molecule has 100 valence electrons. The molecule has 0 heterocycles. The molecule has 0 spiro atoms. The average molecular weight is 240 g/mol. The first kappa shape index (κ1) is 14.5. The molecule has 1 amide bonds. The zero-order chi connectivity index (χ0) is 12.7. The summed E-state index contributed by atoms with van der Waals surface area (Å²) in [5, 5.41) is 3.21. The van der Waals surface area contributed by atoms with E-state index in [1.165, 1.54) is 0 Å². The summed E-state index contributed by atoms with van der Waals surface area (Å²) in [6.45, 7) is 4.30. The molecule has 3 N–H and O–H groups in total. The molecule has 0 atom stereocenters. The van der Waals surface area contributed by atoms with Crippen LogP contribution in [0.15, 0.2) is 0 Å². The van der Waals surface area contributed by atoms with Crippen molar-refractivity contribution in [2.24, 2.45) is 11.7 Å². The Bertz CT molecular complexity index is 216. The summed E-state index contributed by atoms with van der Waals surface area (Å²) in [4.78, 5) is 12.1. The molecule has 1 aliphatic carbocycles. The smallest absolute Gasteiger partial charge is 0.223 e. The molecular formula is C14H28N2O. The van der Waals surface area contributed by atoms with Gasteiger partial charge in [0.25, 0.3) is 0 Å². The number of rotatable bonds is 6. The minimum absolute atomic E-state index is 0.223. The van der Waals surface area contributed by atoms with E-state index in [1.807, 2.05) is 0 Å². The number of hydrogen-bond acceptors (Lipinski definition) is 2. The molecule has 0 aromatic heterocycles. The Labute approximate surface area is 106 Å². The molecule has 1 rings (SSSR count). The van der Waals surface area contributed by atoms with Crippen molar-refractivity contribution in [2.45, 2.75) is 77.3 Å². The van der Waals surface area contributed by atoms with Crippen LogP contribution in [0.4, 0.5) is 0 Å². The normalized spacial score (nSPS) is 24.9. The van der Waals surface area contributed by atoms with Crippen LogP contribution in [0.1, 0.15) is 65.2 Å². The number of nitrogens with two attached hydrogens (primary N) is 1. The highest BCUT2D eigenvalue weighted by molar-refractivity contribution is 5.78. The zero-order valence-corrected chi connectivity index (χ0v) is 11.4. The Hall–Kier alpha value is -0.570. The predicted octanol–water partition coefficient (Wildman–Crippen LogP) is 2.59. The van der Waals surface area contributed by atoms with Crippen LogP contribution in [0, 0.1) is 5.92 Å². The largest absolute Gasteiger partial charge is 0.353 e. The predicted molar refractivity (Wildman–Crippen MR) is 71.7 cm³/mol. The fourth-order valence-electron chi connectivity index (χ4n) is 2.69. The van der Waals surface area contributed by atoms with Gasteiger partial charge >= 0.3 is 0 Å². The summed E-state index contributed by atoms with van der Waals surface area (Å²) in [7, 11) is 0. The fraction of sp³-hybridized carbons (Fsp3) is 0.929. The molecule has 0 unspecified atom stereocenters. The first-order valence-corrected chi connectivity index (χ1v) is 7.23. The molecule has 0 aromatic carbocycles. The van der Waals surface area contributed by atoms with E-state index in [-0.39, 0.29) is 11.8 Å². The third kappa shape index (κ3) is 5.07. The Morgan fingerprint density at radius 1 is 1.18 bits per heavy atom. The van der Waals surface area contributed by atoms with Gasteiger partial charge in [0.15, 0.2) is 0 Å².